The van der Waals surface area contributed by atoms with Gasteiger partial charge in [-0.15, -0.1) is 0 Å². The van der Waals surface area contributed by atoms with E-state index in [0.29, 0.717) is 26.9 Å². The van der Waals surface area contributed by atoms with Crippen molar-refractivity contribution in [3.8, 4) is 11.5 Å². The molecule has 7 heteroatoms. The van der Waals surface area contributed by atoms with E-state index >= 15 is 0 Å². The van der Waals surface area contributed by atoms with Gasteiger partial charge in [-0.05, 0) is 50.2 Å². The molecule has 1 unspecified atom stereocenters. The molecule has 0 aromatic heterocycles. The molecular weight excluding hydrogens is 382 g/mol. The van der Waals surface area contributed by atoms with Crippen molar-refractivity contribution < 1.29 is 23.8 Å². The topological polar surface area (TPSA) is 63.6 Å². The second-order valence-corrected chi connectivity index (χ2v) is 7.02. The lowest BCUT2D eigenvalue weighted by Gasteiger charge is -2.32. The molecule has 0 saturated heterocycles. The summed E-state index contributed by atoms with van der Waals surface area (Å²) < 4.78 is 18.2. The predicted octanol–water partition coefficient (Wildman–Crippen LogP) is 5.28. The van der Waals surface area contributed by atoms with E-state index in [2.05, 4.69) is 0 Å². The van der Waals surface area contributed by atoms with Crippen molar-refractivity contribution in [3.05, 3.63) is 57.6 Å². The Labute approximate surface area is 160 Å². The van der Waals surface area contributed by atoms with Gasteiger partial charge in [0, 0.05) is 10.0 Å². The van der Waals surface area contributed by atoms with Crippen LogP contribution in [0.4, 0.5) is 4.39 Å². The van der Waals surface area contributed by atoms with Crippen LogP contribution in [0.15, 0.2) is 36.4 Å². The number of phenolic OH excluding ortho intramolecular Hbond substituents is 1. The Bertz CT molecular complexity index is 853. The lowest BCUT2D eigenvalue weighted by molar-refractivity contribution is 0.0357. The van der Waals surface area contributed by atoms with Gasteiger partial charge in [-0.2, -0.15) is 0 Å². The molecule has 2 aromatic rings. The van der Waals surface area contributed by atoms with Crippen LogP contribution in [0, 0.1) is 0 Å². The summed E-state index contributed by atoms with van der Waals surface area (Å²) in [6, 6.07) is 9.19. The molecule has 138 valence electrons. The standard InChI is InChI=1S/C11H10ClFO2.C8H7ClO2/c1-11(6-13)5-9(14)8-3-2-7(12)4-10(8)15-11;1-5(10)7-3-2-6(9)4-8(7)11/h2-4H,5-6H2,1H3;2-4,11H,1H3. The number of halogens is 3. The molecule has 1 heterocycles. The minimum Gasteiger partial charge on any atom is -0.507 e. The van der Waals surface area contributed by atoms with Crippen LogP contribution >= 0.6 is 23.2 Å². The van der Waals surface area contributed by atoms with Crippen molar-refractivity contribution >= 4 is 34.8 Å². The fourth-order valence-electron chi connectivity index (χ4n) is 2.42. The maximum absolute atomic E-state index is 12.7. The van der Waals surface area contributed by atoms with E-state index in [1.54, 1.807) is 31.2 Å². The Morgan fingerprint density at radius 1 is 1.23 bits per heavy atom. The number of phenols is 1. The summed E-state index contributed by atoms with van der Waals surface area (Å²) >= 11 is 11.3. The first-order valence-electron chi connectivity index (χ1n) is 7.72. The third kappa shape index (κ3) is 4.74. The Morgan fingerprint density at radius 3 is 2.42 bits per heavy atom. The monoisotopic (exact) mass is 398 g/mol. The largest absolute Gasteiger partial charge is 0.507 e. The summed E-state index contributed by atoms with van der Waals surface area (Å²) in [4.78, 5) is 22.5. The molecule has 26 heavy (non-hydrogen) atoms. The fraction of sp³-hybridized carbons (Fsp3) is 0.263. The summed E-state index contributed by atoms with van der Waals surface area (Å²) in [6.07, 6.45) is 0.0676. The molecule has 1 N–H and O–H groups in total. The van der Waals surface area contributed by atoms with Crippen LogP contribution < -0.4 is 4.74 Å². The molecule has 0 radical (unpaired) electrons. The maximum atomic E-state index is 12.7. The van der Waals surface area contributed by atoms with Crippen LogP contribution in [-0.4, -0.2) is 28.9 Å². The minimum absolute atomic E-state index is 0.0648. The van der Waals surface area contributed by atoms with E-state index < -0.39 is 12.3 Å². The number of ether oxygens (including phenoxy) is 1. The normalized spacial score (nSPS) is 18.3. The Balaban J connectivity index is 0.000000197. The highest BCUT2D eigenvalue weighted by molar-refractivity contribution is 6.31. The van der Waals surface area contributed by atoms with Crippen molar-refractivity contribution in [1.82, 2.24) is 0 Å². The SMILES string of the molecule is CC(=O)c1ccc(Cl)cc1O.CC1(CF)CC(=O)c2ccc(Cl)cc2O1. The third-order valence-corrected chi connectivity index (χ3v) is 4.23. The number of alkyl halides is 1. The molecular formula is C19H17Cl2FO4. The summed E-state index contributed by atoms with van der Waals surface area (Å²) in [6.45, 7) is 2.28. The average Bonchev–Trinajstić information content (AvgIpc) is 2.54. The highest BCUT2D eigenvalue weighted by Crippen LogP contribution is 2.35. The van der Waals surface area contributed by atoms with Crippen LogP contribution in [0.25, 0.3) is 0 Å². The van der Waals surface area contributed by atoms with Crippen LogP contribution in [0.1, 0.15) is 41.0 Å². The van der Waals surface area contributed by atoms with Crippen LogP contribution in [0.5, 0.6) is 11.5 Å². The number of rotatable bonds is 2. The number of hydrogen-bond acceptors (Lipinski definition) is 4. The van der Waals surface area contributed by atoms with Crippen LogP contribution in [-0.2, 0) is 0 Å². The highest BCUT2D eigenvalue weighted by Gasteiger charge is 2.36. The molecule has 0 spiro atoms. The number of carbonyl (C=O) groups is 2. The fourth-order valence-corrected chi connectivity index (χ4v) is 2.75. The second-order valence-electron chi connectivity index (χ2n) is 6.14. The molecule has 4 nitrogen and oxygen atoms in total. The summed E-state index contributed by atoms with van der Waals surface area (Å²) in [7, 11) is 0. The molecule has 0 fully saturated rings. The van der Waals surface area contributed by atoms with E-state index in [0.717, 1.165) is 0 Å². The van der Waals surface area contributed by atoms with Crippen molar-refractivity contribution in [2.24, 2.45) is 0 Å². The molecule has 0 saturated carbocycles. The molecule has 1 atom stereocenters. The number of fused-ring (bicyclic) bond motifs is 1. The van der Waals surface area contributed by atoms with E-state index in [9.17, 15) is 14.0 Å². The van der Waals surface area contributed by atoms with Crippen molar-refractivity contribution in [1.29, 1.82) is 0 Å². The first kappa shape index (κ1) is 20.2. The van der Waals surface area contributed by atoms with Crippen LogP contribution in [0.2, 0.25) is 10.0 Å². The maximum Gasteiger partial charge on any atom is 0.170 e. The van der Waals surface area contributed by atoms with Crippen molar-refractivity contribution in [3.63, 3.8) is 0 Å². The van der Waals surface area contributed by atoms with Gasteiger partial charge >= 0.3 is 0 Å². The number of carbonyl (C=O) groups excluding carboxylic acids is 2. The molecule has 2 aromatic carbocycles. The van der Waals surface area contributed by atoms with Gasteiger partial charge in [0.05, 0.1) is 17.5 Å². The molecule has 0 bridgehead atoms. The smallest absolute Gasteiger partial charge is 0.170 e. The zero-order chi connectivity index (χ0) is 19.5. The van der Waals surface area contributed by atoms with Gasteiger partial charge in [-0.1, -0.05) is 23.2 Å². The van der Waals surface area contributed by atoms with Gasteiger partial charge in [-0.3, -0.25) is 9.59 Å². The van der Waals surface area contributed by atoms with E-state index in [1.807, 2.05) is 0 Å². The summed E-state index contributed by atoms with van der Waals surface area (Å²) in [5.41, 5.74) is -0.269. The van der Waals surface area contributed by atoms with E-state index in [4.69, 9.17) is 33.0 Å². The zero-order valence-corrected chi connectivity index (χ0v) is 15.7. The number of ketones is 2. The first-order chi connectivity index (χ1) is 12.1. The Hall–Kier alpha value is -2.11. The molecule has 0 aliphatic carbocycles. The van der Waals surface area contributed by atoms with E-state index in [-0.39, 0.29) is 23.7 Å². The first-order valence-corrected chi connectivity index (χ1v) is 8.48. The zero-order valence-electron chi connectivity index (χ0n) is 14.2. The van der Waals surface area contributed by atoms with E-state index in [1.165, 1.54) is 19.1 Å². The lowest BCUT2D eigenvalue weighted by Crippen LogP contribution is -2.41. The lowest BCUT2D eigenvalue weighted by atomic mass is 9.92. The van der Waals surface area contributed by atoms with Gasteiger partial charge in [0.25, 0.3) is 0 Å². The Morgan fingerprint density at radius 2 is 1.85 bits per heavy atom. The summed E-state index contributed by atoms with van der Waals surface area (Å²) in [5.74, 6) is 0.0381. The summed E-state index contributed by atoms with van der Waals surface area (Å²) in [5, 5.41) is 10.1. The van der Waals surface area contributed by atoms with Crippen molar-refractivity contribution in [2.75, 3.05) is 6.67 Å². The number of benzene rings is 2. The molecule has 0 amide bonds. The van der Waals surface area contributed by atoms with Crippen molar-refractivity contribution in [2.45, 2.75) is 25.9 Å². The predicted molar refractivity (Wildman–Crippen MR) is 98.5 cm³/mol. The molecule has 3 rings (SSSR count). The van der Waals surface area contributed by atoms with Gasteiger partial charge in [-0.25, -0.2) is 4.39 Å². The highest BCUT2D eigenvalue weighted by atomic mass is 35.5. The molecule has 1 aliphatic heterocycles. The molecule has 1 aliphatic rings. The van der Waals surface area contributed by atoms with Gasteiger partial charge in [0.15, 0.2) is 11.6 Å². The minimum atomic E-state index is -1.05. The quantitative estimate of drug-likeness (QED) is 0.698. The van der Waals surface area contributed by atoms with Crippen LogP contribution in [0.3, 0.4) is 0 Å². The average molecular weight is 399 g/mol. The second kappa shape index (κ2) is 8.06. The number of hydrogen-bond donors (Lipinski definition) is 1. The van der Waals surface area contributed by atoms with Gasteiger partial charge in [0.2, 0.25) is 0 Å². The third-order valence-electron chi connectivity index (χ3n) is 3.76. The number of aromatic hydroxyl groups is 1. The number of Topliss-reactive ketones (excluding diaryl/α,β-unsaturated/α-hetero) is 2. The van der Waals surface area contributed by atoms with Gasteiger partial charge < -0.3 is 9.84 Å². The van der Waals surface area contributed by atoms with Gasteiger partial charge in [0.1, 0.15) is 23.8 Å². The Kier molecular flexibility index (Phi) is 6.26.